The van der Waals surface area contributed by atoms with Gasteiger partial charge in [-0.1, -0.05) is 0 Å². The maximum atomic E-state index is 12.6. The fraction of sp³-hybridized carbons (Fsp3) is 0.529. The number of aryl methyl sites for hydroxylation is 1. The normalized spacial score (nSPS) is 18.9. The minimum Gasteiger partial charge on any atom is -0.469 e. The van der Waals surface area contributed by atoms with E-state index in [1.54, 1.807) is 6.26 Å². The Morgan fingerprint density at radius 2 is 2.25 bits per heavy atom. The Bertz CT molecular complexity index is 706. The highest BCUT2D eigenvalue weighted by molar-refractivity contribution is 7.13. The van der Waals surface area contributed by atoms with Gasteiger partial charge < -0.3 is 14.1 Å². The molecule has 0 unspecified atom stereocenters. The highest BCUT2D eigenvalue weighted by Gasteiger charge is 2.23. The zero-order valence-electron chi connectivity index (χ0n) is 13.5. The van der Waals surface area contributed by atoms with Crippen molar-refractivity contribution in [2.24, 2.45) is 0 Å². The number of carbonyl (C=O) groups is 1. The van der Waals surface area contributed by atoms with Gasteiger partial charge in [0.2, 0.25) is 0 Å². The van der Waals surface area contributed by atoms with Crippen molar-refractivity contribution in [3.63, 3.8) is 0 Å². The molecule has 4 heterocycles. The molecule has 24 heavy (non-hydrogen) atoms. The van der Waals surface area contributed by atoms with E-state index in [4.69, 9.17) is 9.15 Å². The summed E-state index contributed by atoms with van der Waals surface area (Å²) in [7, 11) is 0. The zero-order valence-corrected chi connectivity index (χ0v) is 14.3. The summed E-state index contributed by atoms with van der Waals surface area (Å²) in [4.78, 5) is 19.0. The van der Waals surface area contributed by atoms with E-state index >= 15 is 0 Å². The van der Waals surface area contributed by atoms with Crippen LogP contribution in [0.15, 0.2) is 22.1 Å². The molecule has 0 bridgehead atoms. The van der Waals surface area contributed by atoms with Crippen LogP contribution < -0.4 is 5.32 Å². The third-order valence-corrected chi connectivity index (χ3v) is 5.47. The third kappa shape index (κ3) is 3.32. The van der Waals surface area contributed by atoms with E-state index in [1.165, 1.54) is 11.3 Å². The van der Waals surface area contributed by atoms with E-state index in [0.29, 0.717) is 17.6 Å². The van der Waals surface area contributed by atoms with Gasteiger partial charge in [-0.3, -0.25) is 5.32 Å². The first-order chi connectivity index (χ1) is 11.8. The molecule has 2 aliphatic heterocycles. The van der Waals surface area contributed by atoms with Crippen LogP contribution in [0.5, 0.6) is 0 Å². The van der Waals surface area contributed by atoms with Crippen LogP contribution in [-0.2, 0) is 17.7 Å². The number of hydrogen-bond donors (Lipinski definition) is 1. The first-order valence-electron chi connectivity index (χ1n) is 8.44. The smallest absolute Gasteiger partial charge is 0.323 e. The maximum Gasteiger partial charge on any atom is 0.323 e. The van der Waals surface area contributed by atoms with Crippen LogP contribution in [0.4, 0.5) is 9.93 Å². The lowest BCUT2D eigenvalue weighted by Crippen LogP contribution is -2.34. The van der Waals surface area contributed by atoms with Crippen molar-refractivity contribution in [1.29, 1.82) is 0 Å². The SMILES string of the molecule is O=C(Nc1nc(C2CCOCC2)cs1)N1CCCc2occc2C1. The summed E-state index contributed by atoms with van der Waals surface area (Å²) < 4.78 is 10.9. The fourth-order valence-electron chi connectivity index (χ4n) is 3.31. The number of hydrogen-bond acceptors (Lipinski definition) is 5. The Morgan fingerprint density at radius 1 is 1.38 bits per heavy atom. The summed E-state index contributed by atoms with van der Waals surface area (Å²) in [5.41, 5.74) is 2.18. The number of fused-ring (bicyclic) bond motifs is 1. The molecule has 1 saturated heterocycles. The summed E-state index contributed by atoms with van der Waals surface area (Å²) in [5.74, 6) is 1.45. The molecule has 128 valence electrons. The molecule has 4 rings (SSSR count). The second-order valence-corrected chi connectivity index (χ2v) is 7.15. The van der Waals surface area contributed by atoms with Gasteiger partial charge in [-0.2, -0.15) is 0 Å². The molecule has 0 aliphatic carbocycles. The number of rotatable bonds is 2. The summed E-state index contributed by atoms with van der Waals surface area (Å²) in [6.07, 6.45) is 5.52. The van der Waals surface area contributed by atoms with Crippen LogP contribution >= 0.6 is 11.3 Å². The van der Waals surface area contributed by atoms with Crippen LogP contribution in [0.25, 0.3) is 0 Å². The van der Waals surface area contributed by atoms with Crippen LogP contribution in [0, 0.1) is 0 Å². The average Bonchev–Trinajstić information content (AvgIpc) is 3.20. The van der Waals surface area contributed by atoms with Gasteiger partial charge in [0.15, 0.2) is 5.13 Å². The van der Waals surface area contributed by atoms with Crippen molar-refractivity contribution in [2.75, 3.05) is 25.1 Å². The van der Waals surface area contributed by atoms with Crippen molar-refractivity contribution in [3.05, 3.63) is 34.7 Å². The van der Waals surface area contributed by atoms with E-state index in [9.17, 15) is 4.79 Å². The number of amides is 2. The highest BCUT2D eigenvalue weighted by Crippen LogP contribution is 2.29. The number of anilines is 1. The van der Waals surface area contributed by atoms with Crippen molar-refractivity contribution in [2.45, 2.75) is 38.1 Å². The molecular formula is C17H21N3O3S. The molecule has 2 aromatic heterocycles. The van der Waals surface area contributed by atoms with Gasteiger partial charge in [-0.25, -0.2) is 9.78 Å². The number of furan rings is 1. The van der Waals surface area contributed by atoms with Crippen molar-refractivity contribution in [1.82, 2.24) is 9.88 Å². The van der Waals surface area contributed by atoms with Gasteiger partial charge in [0.1, 0.15) is 5.76 Å². The average molecular weight is 347 g/mol. The molecule has 7 heteroatoms. The molecule has 1 fully saturated rings. The molecule has 2 amide bonds. The molecule has 0 spiro atoms. The Morgan fingerprint density at radius 3 is 3.12 bits per heavy atom. The van der Waals surface area contributed by atoms with E-state index in [0.717, 1.165) is 62.5 Å². The molecule has 0 radical (unpaired) electrons. The highest BCUT2D eigenvalue weighted by atomic mass is 32.1. The molecule has 2 aromatic rings. The summed E-state index contributed by atoms with van der Waals surface area (Å²) in [6, 6.07) is 1.87. The first kappa shape index (κ1) is 15.7. The van der Waals surface area contributed by atoms with Gasteiger partial charge in [-0.05, 0) is 25.3 Å². The number of nitrogens with one attached hydrogen (secondary N) is 1. The summed E-state index contributed by atoms with van der Waals surface area (Å²) in [6.45, 7) is 2.92. The molecule has 6 nitrogen and oxygen atoms in total. The second-order valence-electron chi connectivity index (χ2n) is 6.29. The van der Waals surface area contributed by atoms with E-state index in [2.05, 4.69) is 15.7 Å². The fourth-order valence-corrected chi connectivity index (χ4v) is 4.09. The van der Waals surface area contributed by atoms with Crippen LogP contribution in [0.1, 0.15) is 42.2 Å². The van der Waals surface area contributed by atoms with E-state index in [1.807, 2.05) is 11.0 Å². The number of ether oxygens (including phenoxy) is 1. The lowest BCUT2D eigenvalue weighted by Gasteiger charge is -2.20. The summed E-state index contributed by atoms with van der Waals surface area (Å²) in [5, 5.41) is 5.69. The lowest BCUT2D eigenvalue weighted by atomic mass is 9.98. The molecule has 0 saturated carbocycles. The van der Waals surface area contributed by atoms with Crippen molar-refractivity contribution in [3.8, 4) is 0 Å². The van der Waals surface area contributed by atoms with Gasteiger partial charge >= 0.3 is 6.03 Å². The topological polar surface area (TPSA) is 67.6 Å². The zero-order chi connectivity index (χ0) is 16.4. The Labute approximate surface area is 144 Å². The van der Waals surface area contributed by atoms with Crippen LogP contribution in [0.2, 0.25) is 0 Å². The van der Waals surface area contributed by atoms with Gasteiger partial charge in [0.25, 0.3) is 0 Å². The molecule has 1 N–H and O–H groups in total. The monoisotopic (exact) mass is 347 g/mol. The van der Waals surface area contributed by atoms with Crippen LogP contribution in [0.3, 0.4) is 0 Å². The predicted molar refractivity (Wildman–Crippen MR) is 91.4 cm³/mol. The largest absolute Gasteiger partial charge is 0.469 e. The number of aromatic nitrogens is 1. The van der Waals surface area contributed by atoms with E-state index < -0.39 is 0 Å². The molecule has 0 atom stereocenters. The maximum absolute atomic E-state index is 12.6. The van der Waals surface area contributed by atoms with Gasteiger partial charge in [0, 0.05) is 43.0 Å². The van der Waals surface area contributed by atoms with Crippen molar-refractivity contribution < 1.29 is 13.9 Å². The van der Waals surface area contributed by atoms with Crippen LogP contribution in [-0.4, -0.2) is 35.7 Å². The first-order valence-corrected chi connectivity index (χ1v) is 9.32. The minimum atomic E-state index is -0.0862. The number of urea groups is 1. The minimum absolute atomic E-state index is 0.0862. The number of thiazole rings is 1. The standard InChI is InChI=1S/C17H21N3O3S/c21-17(20-6-1-2-15-13(10-20)5-9-23-15)19-16-18-14(11-24-16)12-3-7-22-8-4-12/h5,9,11-12H,1-4,6-8,10H2,(H,18,19,21). The van der Waals surface area contributed by atoms with E-state index in [-0.39, 0.29) is 6.03 Å². The molecule has 0 aromatic carbocycles. The molecule has 2 aliphatic rings. The Kier molecular flexibility index (Phi) is 4.53. The Balaban J connectivity index is 1.40. The van der Waals surface area contributed by atoms with Gasteiger partial charge in [-0.15, -0.1) is 11.3 Å². The van der Waals surface area contributed by atoms with Gasteiger partial charge in [0.05, 0.1) is 18.5 Å². The Hall–Kier alpha value is -1.86. The lowest BCUT2D eigenvalue weighted by molar-refractivity contribution is 0.0846. The number of carbonyl (C=O) groups excluding carboxylic acids is 1. The second kappa shape index (κ2) is 6.94. The van der Waals surface area contributed by atoms with Crippen molar-refractivity contribution >= 4 is 22.5 Å². The quantitative estimate of drug-likeness (QED) is 0.901. The molecular weight excluding hydrogens is 326 g/mol. The predicted octanol–water partition coefficient (Wildman–Crippen LogP) is 3.61. The number of nitrogens with zero attached hydrogens (tertiary/aromatic N) is 2. The summed E-state index contributed by atoms with van der Waals surface area (Å²) >= 11 is 1.50. The third-order valence-electron chi connectivity index (χ3n) is 4.69.